The Morgan fingerprint density at radius 2 is 0.909 bits per heavy atom. The molecule has 0 aliphatic carbocycles. The van der Waals surface area contributed by atoms with Gasteiger partial charge in [0.15, 0.2) is 0 Å². The molecule has 0 saturated carbocycles. The molecule has 9 aromatic carbocycles. The van der Waals surface area contributed by atoms with Crippen LogP contribution in [0.15, 0.2) is 200 Å². The van der Waals surface area contributed by atoms with Gasteiger partial charge in [-0.1, -0.05) is 177 Å². The predicted octanol–water partition coefficient (Wildman–Crippen LogP) is 14.2. The average molecular weight is 703 g/mol. The molecule has 10 aromatic rings. The summed E-state index contributed by atoms with van der Waals surface area (Å²) in [7, 11) is 0. The van der Waals surface area contributed by atoms with Crippen LogP contribution >= 0.6 is 0 Å². The second-order valence-corrected chi connectivity index (χ2v) is 14.2. The van der Waals surface area contributed by atoms with Crippen molar-refractivity contribution in [2.45, 2.75) is 13.3 Å². The van der Waals surface area contributed by atoms with Gasteiger partial charge in [-0.3, -0.25) is 4.57 Å². The molecule has 0 bridgehead atoms. The van der Waals surface area contributed by atoms with Gasteiger partial charge in [0.2, 0.25) is 0 Å². The van der Waals surface area contributed by atoms with Gasteiger partial charge in [-0.25, -0.2) is 4.98 Å². The quantitative estimate of drug-likeness (QED) is 0.151. The topological polar surface area (TPSA) is 17.8 Å². The zero-order valence-electron chi connectivity index (χ0n) is 30.7. The maximum Gasteiger partial charge on any atom is 0.114 e. The Balaban J connectivity index is 1.18. The summed E-state index contributed by atoms with van der Waals surface area (Å²) in [6.45, 7) is 2.18. The lowest BCUT2D eigenvalue weighted by molar-refractivity contribution is 0.909. The van der Waals surface area contributed by atoms with E-state index in [0.717, 1.165) is 29.0 Å². The van der Waals surface area contributed by atoms with Gasteiger partial charge in [0.05, 0.1) is 16.7 Å². The van der Waals surface area contributed by atoms with Crippen molar-refractivity contribution in [2.75, 3.05) is 0 Å². The second kappa shape index (κ2) is 13.7. The first-order valence-corrected chi connectivity index (χ1v) is 19.1. The van der Waals surface area contributed by atoms with Gasteiger partial charge in [0.25, 0.3) is 0 Å². The van der Waals surface area contributed by atoms with E-state index in [2.05, 4.69) is 212 Å². The fraction of sp³-hybridized carbons (Fsp3) is 0.0377. The number of aromatic nitrogens is 2. The number of hydrogen-bond acceptors (Lipinski definition) is 1. The number of aryl methyl sites for hydroxylation is 1. The predicted molar refractivity (Wildman–Crippen MR) is 233 cm³/mol. The van der Waals surface area contributed by atoms with E-state index in [4.69, 9.17) is 4.98 Å². The van der Waals surface area contributed by atoms with Crippen molar-refractivity contribution in [3.8, 4) is 61.3 Å². The standard InChI is InChI=1S/C53H38N2/c1-2-51-54-48-25-12-14-27-50(48)55(51)49-26-13-11-22-43(49)38-28-30-39(31-29-38)52-44-23-9-10-24-45(44)53(42-21-15-20-40(34-42)36-16-5-3-6-17-36)47-35-41(32-33-46(47)52)37-18-7-4-8-19-37/h3-35H,2H2,1H3. The molecule has 10 rings (SSSR count). The van der Waals surface area contributed by atoms with Crippen LogP contribution in [-0.2, 0) is 6.42 Å². The van der Waals surface area contributed by atoms with Crippen LogP contribution in [0.4, 0.5) is 0 Å². The fourth-order valence-electron chi connectivity index (χ4n) is 8.41. The summed E-state index contributed by atoms with van der Waals surface area (Å²) in [6, 6.07) is 72.7. The van der Waals surface area contributed by atoms with Crippen LogP contribution in [-0.4, -0.2) is 9.55 Å². The van der Waals surface area contributed by atoms with Crippen molar-refractivity contribution < 1.29 is 0 Å². The summed E-state index contributed by atoms with van der Waals surface area (Å²) >= 11 is 0. The van der Waals surface area contributed by atoms with Crippen molar-refractivity contribution in [2.24, 2.45) is 0 Å². The molecule has 0 fully saturated rings. The molecule has 0 saturated heterocycles. The highest BCUT2D eigenvalue weighted by Crippen LogP contribution is 2.46. The molecule has 2 heteroatoms. The zero-order chi connectivity index (χ0) is 36.7. The smallest absolute Gasteiger partial charge is 0.114 e. The third-order valence-electron chi connectivity index (χ3n) is 11.0. The lowest BCUT2D eigenvalue weighted by Crippen LogP contribution is -2.02. The van der Waals surface area contributed by atoms with Gasteiger partial charge in [-0.15, -0.1) is 0 Å². The van der Waals surface area contributed by atoms with E-state index >= 15 is 0 Å². The molecular formula is C53H38N2. The first kappa shape index (κ1) is 32.6. The first-order valence-electron chi connectivity index (χ1n) is 19.1. The highest BCUT2D eigenvalue weighted by molar-refractivity contribution is 6.22. The van der Waals surface area contributed by atoms with Crippen LogP contribution in [0.5, 0.6) is 0 Å². The molecular weight excluding hydrogens is 665 g/mol. The largest absolute Gasteiger partial charge is 0.296 e. The number of imidazole rings is 1. The van der Waals surface area contributed by atoms with Crippen LogP contribution in [0.25, 0.3) is 93.9 Å². The van der Waals surface area contributed by atoms with Gasteiger partial charge >= 0.3 is 0 Å². The number of para-hydroxylation sites is 3. The molecule has 0 N–H and O–H groups in total. The van der Waals surface area contributed by atoms with Crippen LogP contribution < -0.4 is 0 Å². The molecule has 1 aromatic heterocycles. The third-order valence-corrected chi connectivity index (χ3v) is 11.0. The van der Waals surface area contributed by atoms with E-state index in [1.165, 1.54) is 77.2 Å². The average Bonchev–Trinajstić information content (AvgIpc) is 3.65. The van der Waals surface area contributed by atoms with E-state index in [1.54, 1.807) is 0 Å². The van der Waals surface area contributed by atoms with Crippen LogP contribution in [0, 0.1) is 0 Å². The summed E-state index contributed by atoms with van der Waals surface area (Å²) in [5.74, 6) is 1.06. The second-order valence-electron chi connectivity index (χ2n) is 14.2. The number of fused-ring (bicyclic) bond motifs is 3. The third kappa shape index (κ3) is 5.71. The number of nitrogens with zero attached hydrogens (tertiary/aromatic N) is 2. The Labute approximate surface area is 321 Å². The minimum atomic E-state index is 0.848. The number of hydrogen-bond donors (Lipinski definition) is 0. The fourth-order valence-corrected chi connectivity index (χ4v) is 8.41. The molecule has 0 radical (unpaired) electrons. The Hall–Kier alpha value is -7.03. The lowest BCUT2D eigenvalue weighted by Gasteiger charge is -2.19. The van der Waals surface area contributed by atoms with Gasteiger partial charge in [-0.05, 0) is 102 Å². The SMILES string of the molecule is CCc1nc2ccccc2n1-c1ccccc1-c1ccc(-c2c3ccccc3c(-c3cccc(-c4ccccc4)c3)c3cc(-c4ccccc4)ccc23)cc1. The Kier molecular flexibility index (Phi) is 8.15. The molecule has 0 spiro atoms. The lowest BCUT2D eigenvalue weighted by atomic mass is 9.84. The minimum absolute atomic E-state index is 0.848. The van der Waals surface area contributed by atoms with Gasteiger partial charge in [0.1, 0.15) is 5.82 Å². The van der Waals surface area contributed by atoms with E-state index in [0.29, 0.717) is 0 Å². The van der Waals surface area contributed by atoms with Crippen molar-refractivity contribution in [3.63, 3.8) is 0 Å². The van der Waals surface area contributed by atoms with Gasteiger partial charge in [0, 0.05) is 12.0 Å². The monoisotopic (exact) mass is 702 g/mol. The Morgan fingerprint density at radius 3 is 1.64 bits per heavy atom. The first-order chi connectivity index (χ1) is 27.2. The summed E-state index contributed by atoms with van der Waals surface area (Å²) in [6.07, 6.45) is 0.848. The summed E-state index contributed by atoms with van der Waals surface area (Å²) in [4.78, 5) is 4.99. The van der Waals surface area contributed by atoms with Gasteiger partial charge in [-0.2, -0.15) is 0 Å². The van der Waals surface area contributed by atoms with Crippen LogP contribution in [0.3, 0.4) is 0 Å². The molecule has 0 aliphatic heterocycles. The molecule has 0 atom stereocenters. The van der Waals surface area contributed by atoms with Gasteiger partial charge < -0.3 is 0 Å². The van der Waals surface area contributed by atoms with Crippen LogP contribution in [0.1, 0.15) is 12.7 Å². The van der Waals surface area contributed by atoms with E-state index in [-0.39, 0.29) is 0 Å². The van der Waals surface area contributed by atoms with Crippen molar-refractivity contribution in [3.05, 3.63) is 206 Å². The molecule has 1 heterocycles. The highest BCUT2D eigenvalue weighted by Gasteiger charge is 2.19. The summed E-state index contributed by atoms with van der Waals surface area (Å²) < 4.78 is 2.33. The van der Waals surface area contributed by atoms with Crippen molar-refractivity contribution in [1.29, 1.82) is 0 Å². The Bertz CT molecular complexity index is 2990. The van der Waals surface area contributed by atoms with Crippen molar-refractivity contribution in [1.82, 2.24) is 9.55 Å². The zero-order valence-corrected chi connectivity index (χ0v) is 30.7. The molecule has 260 valence electrons. The number of rotatable bonds is 7. The molecule has 0 unspecified atom stereocenters. The maximum atomic E-state index is 4.99. The summed E-state index contributed by atoms with van der Waals surface area (Å²) in [5, 5.41) is 4.97. The molecule has 0 amide bonds. The van der Waals surface area contributed by atoms with E-state index in [9.17, 15) is 0 Å². The number of benzene rings is 9. The van der Waals surface area contributed by atoms with Crippen LogP contribution in [0.2, 0.25) is 0 Å². The van der Waals surface area contributed by atoms with E-state index < -0.39 is 0 Å². The minimum Gasteiger partial charge on any atom is -0.296 e. The molecule has 55 heavy (non-hydrogen) atoms. The normalized spacial score (nSPS) is 11.4. The highest BCUT2D eigenvalue weighted by atomic mass is 15.1. The summed E-state index contributed by atoms with van der Waals surface area (Å²) in [5.41, 5.74) is 15.4. The maximum absolute atomic E-state index is 4.99. The molecule has 0 aliphatic rings. The molecule has 2 nitrogen and oxygen atoms in total. The van der Waals surface area contributed by atoms with E-state index in [1.807, 2.05) is 0 Å². The van der Waals surface area contributed by atoms with Crippen molar-refractivity contribution >= 4 is 32.6 Å². The Morgan fingerprint density at radius 1 is 0.382 bits per heavy atom.